The van der Waals surface area contributed by atoms with Gasteiger partial charge in [0.2, 0.25) is 0 Å². The number of hydrogen-bond acceptors (Lipinski definition) is 4. The first-order valence-corrected chi connectivity index (χ1v) is 8.54. The zero-order valence-corrected chi connectivity index (χ0v) is 12.7. The molecule has 1 heterocycles. The standard InChI is InChI=1S/C12H15ClN2O2S2/c13-9-2-3-11(10(8-9)12(14)18)15-4-1-6-19(16,17)7-5-15/h2-3,8H,1,4-7H2,(H2,14,18). The summed E-state index contributed by atoms with van der Waals surface area (Å²) in [5, 5.41) is 0.564. The van der Waals surface area contributed by atoms with Gasteiger partial charge in [0, 0.05) is 29.4 Å². The van der Waals surface area contributed by atoms with Crippen LogP contribution in [0.5, 0.6) is 0 Å². The molecule has 0 aromatic heterocycles. The third kappa shape index (κ3) is 3.58. The number of hydrogen-bond donors (Lipinski definition) is 1. The third-order valence-electron chi connectivity index (χ3n) is 3.12. The van der Waals surface area contributed by atoms with Gasteiger partial charge in [-0.05, 0) is 24.6 Å². The van der Waals surface area contributed by atoms with Gasteiger partial charge in [0.1, 0.15) is 4.99 Å². The van der Waals surface area contributed by atoms with Crippen molar-refractivity contribution in [3.8, 4) is 0 Å². The van der Waals surface area contributed by atoms with Gasteiger partial charge in [0.15, 0.2) is 9.84 Å². The number of nitrogens with two attached hydrogens (primary N) is 1. The summed E-state index contributed by atoms with van der Waals surface area (Å²) in [6.45, 7) is 1.13. The van der Waals surface area contributed by atoms with E-state index in [1.165, 1.54) is 0 Å². The van der Waals surface area contributed by atoms with Crippen LogP contribution >= 0.6 is 23.8 Å². The Balaban J connectivity index is 2.34. The molecule has 1 aromatic rings. The molecule has 4 nitrogen and oxygen atoms in total. The smallest absolute Gasteiger partial charge is 0.152 e. The van der Waals surface area contributed by atoms with Crippen molar-refractivity contribution in [1.29, 1.82) is 0 Å². The van der Waals surface area contributed by atoms with Crippen LogP contribution in [0.4, 0.5) is 5.69 Å². The molecule has 1 aliphatic heterocycles. The molecule has 104 valence electrons. The zero-order chi connectivity index (χ0) is 14.0. The highest BCUT2D eigenvalue weighted by Gasteiger charge is 2.21. The van der Waals surface area contributed by atoms with Crippen molar-refractivity contribution in [3.63, 3.8) is 0 Å². The van der Waals surface area contributed by atoms with Gasteiger partial charge < -0.3 is 10.6 Å². The minimum absolute atomic E-state index is 0.159. The molecule has 0 spiro atoms. The molecule has 0 radical (unpaired) electrons. The van der Waals surface area contributed by atoms with Crippen LogP contribution in [0.1, 0.15) is 12.0 Å². The lowest BCUT2D eigenvalue weighted by Crippen LogP contribution is -2.29. The summed E-state index contributed by atoms with van der Waals surface area (Å²) in [5.74, 6) is 0.395. The van der Waals surface area contributed by atoms with E-state index in [2.05, 4.69) is 0 Å². The molecule has 1 aromatic carbocycles. The average molecular weight is 319 g/mol. The van der Waals surface area contributed by atoms with Crippen molar-refractivity contribution in [3.05, 3.63) is 28.8 Å². The van der Waals surface area contributed by atoms with Crippen LogP contribution in [-0.2, 0) is 9.84 Å². The fraction of sp³-hybridized carbons (Fsp3) is 0.417. The maximum Gasteiger partial charge on any atom is 0.152 e. The lowest BCUT2D eigenvalue weighted by Gasteiger charge is -2.24. The number of nitrogens with zero attached hydrogens (tertiary/aromatic N) is 1. The molecule has 0 saturated carbocycles. The fourth-order valence-corrected chi connectivity index (χ4v) is 3.77. The van der Waals surface area contributed by atoms with E-state index in [-0.39, 0.29) is 16.5 Å². The molecule has 2 N–H and O–H groups in total. The summed E-state index contributed by atoms with van der Waals surface area (Å²) in [5.41, 5.74) is 7.26. The number of sulfone groups is 1. The summed E-state index contributed by atoms with van der Waals surface area (Å²) >= 11 is 11.0. The van der Waals surface area contributed by atoms with Crippen LogP contribution in [0.3, 0.4) is 0 Å². The normalized spacial score (nSPS) is 18.9. The van der Waals surface area contributed by atoms with Crippen LogP contribution in [0, 0.1) is 0 Å². The monoisotopic (exact) mass is 318 g/mol. The van der Waals surface area contributed by atoms with Crippen molar-refractivity contribution in [2.24, 2.45) is 5.73 Å². The molecule has 1 fully saturated rings. The molecule has 1 saturated heterocycles. The van der Waals surface area contributed by atoms with E-state index in [0.717, 1.165) is 5.69 Å². The largest absolute Gasteiger partial charge is 0.389 e. The average Bonchev–Trinajstić information content (AvgIpc) is 2.50. The van der Waals surface area contributed by atoms with Crippen molar-refractivity contribution >= 4 is 44.3 Å². The maximum atomic E-state index is 11.6. The number of thiocarbonyl (C=S) groups is 1. The first kappa shape index (κ1) is 14.6. The summed E-state index contributed by atoms with van der Waals surface area (Å²) in [4.78, 5) is 2.28. The molecule has 1 aliphatic rings. The molecular formula is C12H15ClN2O2S2. The molecule has 0 unspecified atom stereocenters. The molecular weight excluding hydrogens is 304 g/mol. The number of rotatable bonds is 2. The Morgan fingerprint density at radius 1 is 1.32 bits per heavy atom. The van der Waals surface area contributed by atoms with Gasteiger partial charge in [-0.3, -0.25) is 0 Å². The predicted molar refractivity (Wildman–Crippen MR) is 82.8 cm³/mol. The van der Waals surface area contributed by atoms with E-state index in [1.807, 2.05) is 11.0 Å². The Labute approximate surface area is 123 Å². The van der Waals surface area contributed by atoms with Gasteiger partial charge in [-0.2, -0.15) is 0 Å². The predicted octanol–water partition coefficient (Wildman–Crippen LogP) is 1.60. The Morgan fingerprint density at radius 2 is 2.05 bits per heavy atom. The molecule has 2 rings (SSSR count). The van der Waals surface area contributed by atoms with Crippen LogP contribution < -0.4 is 10.6 Å². The third-order valence-corrected chi connectivity index (χ3v) is 5.29. The minimum atomic E-state index is -2.93. The minimum Gasteiger partial charge on any atom is -0.389 e. The fourth-order valence-electron chi connectivity index (χ4n) is 2.16. The second kappa shape index (κ2) is 5.64. The Morgan fingerprint density at radius 3 is 2.74 bits per heavy atom. The second-order valence-corrected chi connectivity index (χ2v) is 7.70. The Kier molecular flexibility index (Phi) is 4.32. The second-order valence-electron chi connectivity index (χ2n) is 4.52. The van der Waals surface area contributed by atoms with Gasteiger partial charge in [-0.25, -0.2) is 8.42 Å². The highest BCUT2D eigenvalue weighted by molar-refractivity contribution is 7.91. The number of anilines is 1. The molecule has 7 heteroatoms. The van der Waals surface area contributed by atoms with Crippen LogP contribution in [0.2, 0.25) is 5.02 Å². The summed E-state index contributed by atoms with van der Waals surface area (Å²) in [6, 6.07) is 5.32. The lowest BCUT2D eigenvalue weighted by molar-refractivity contribution is 0.597. The quantitative estimate of drug-likeness (QED) is 0.839. The van der Waals surface area contributed by atoms with Gasteiger partial charge in [-0.1, -0.05) is 23.8 Å². The zero-order valence-electron chi connectivity index (χ0n) is 10.3. The van der Waals surface area contributed by atoms with E-state index in [9.17, 15) is 8.42 Å². The van der Waals surface area contributed by atoms with Crippen LogP contribution in [-0.4, -0.2) is 38.0 Å². The van der Waals surface area contributed by atoms with Crippen molar-refractivity contribution in [1.82, 2.24) is 0 Å². The van der Waals surface area contributed by atoms with E-state index in [1.54, 1.807) is 12.1 Å². The van der Waals surface area contributed by atoms with E-state index in [4.69, 9.17) is 29.6 Å². The first-order valence-electron chi connectivity index (χ1n) is 5.94. The van der Waals surface area contributed by atoms with Gasteiger partial charge in [-0.15, -0.1) is 0 Å². The van der Waals surface area contributed by atoms with E-state index in [0.29, 0.717) is 30.1 Å². The molecule has 0 atom stereocenters. The first-order chi connectivity index (χ1) is 8.89. The van der Waals surface area contributed by atoms with Gasteiger partial charge >= 0.3 is 0 Å². The van der Waals surface area contributed by atoms with Crippen molar-refractivity contribution in [2.45, 2.75) is 6.42 Å². The highest BCUT2D eigenvalue weighted by Crippen LogP contribution is 2.25. The molecule has 0 aliphatic carbocycles. The maximum absolute atomic E-state index is 11.6. The van der Waals surface area contributed by atoms with E-state index < -0.39 is 9.84 Å². The molecule has 0 amide bonds. The van der Waals surface area contributed by atoms with Crippen LogP contribution in [0.25, 0.3) is 0 Å². The van der Waals surface area contributed by atoms with Crippen molar-refractivity contribution < 1.29 is 8.42 Å². The summed E-state index contributed by atoms with van der Waals surface area (Å²) < 4.78 is 23.2. The summed E-state index contributed by atoms with van der Waals surface area (Å²) in [7, 11) is -2.93. The molecule has 0 bridgehead atoms. The molecule has 19 heavy (non-hydrogen) atoms. The summed E-state index contributed by atoms with van der Waals surface area (Å²) in [6.07, 6.45) is 0.613. The van der Waals surface area contributed by atoms with Crippen molar-refractivity contribution in [2.75, 3.05) is 29.5 Å². The topological polar surface area (TPSA) is 63.4 Å². The lowest BCUT2D eigenvalue weighted by atomic mass is 10.1. The Bertz CT molecular complexity index is 602. The van der Waals surface area contributed by atoms with Gasteiger partial charge in [0.25, 0.3) is 0 Å². The highest BCUT2D eigenvalue weighted by atomic mass is 35.5. The van der Waals surface area contributed by atoms with Crippen LogP contribution in [0.15, 0.2) is 18.2 Å². The van der Waals surface area contributed by atoms with E-state index >= 15 is 0 Å². The SMILES string of the molecule is NC(=S)c1cc(Cl)ccc1N1CCCS(=O)(=O)CC1. The number of halogens is 1. The number of benzene rings is 1. The Hall–Kier alpha value is -0.850. The van der Waals surface area contributed by atoms with Gasteiger partial charge in [0.05, 0.1) is 11.5 Å².